The maximum Gasteiger partial charge on any atom is 0.192 e. The number of hydrogen-bond donors (Lipinski definition) is 0. The summed E-state index contributed by atoms with van der Waals surface area (Å²) in [4.78, 5) is 11.9. The van der Waals surface area contributed by atoms with Gasteiger partial charge in [0.25, 0.3) is 0 Å². The molecule has 1 heterocycles. The van der Waals surface area contributed by atoms with Crippen LogP contribution in [0.5, 0.6) is 0 Å². The van der Waals surface area contributed by atoms with Gasteiger partial charge in [0.15, 0.2) is 5.78 Å². The highest BCUT2D eigenvalue weighted by atomic mass is 32.2. The van der Waals surface area contributed by atoms with E-state index in [0.717, 1.165) is 19.4 Å². The van der Waals surface area contributed by atoms with Crippen LogP contribution in [0.15, 0.2) is 6.20 Å². The first kappa shape index (κ1) is 13.2. The number of thioether (sulfide) groups is 1. The molecule has 0 aliphatic heterocycles. The van der Waals surface area contributed by atoms with Gasteiger partial charge in [-0.1, -0.05) is 26.0 Å². The maximum absolute atomic E-state index is 11.9. The van der Waals surface area contributed by atoms with E-state index in [0.29, 0.717) is 16.7 Å². The van der Waals surface area contributed by atoms with E-state index in [1.165, 1.54) is 0 Å². The van der Waals surface area contributed by atoms with Gasteiger partial charge < -0.3 is 0 Å². The van der Waals surface area contributed by atoms with E-state index >= 15 is 0 Å². The zero-order valence-corrected chi connectivity index (χ0v) is 11.0. The lowest BCUT2D eigenvalue weighted by Crippen LogP contribution is -2.13. The van der Waals surface area contributed by atoms with Crippen LogP contribution in [0.4, 0.5) is 0 Å². The minimum absolute atomic E-state index is 0.128. The van der Waals surface area contributed by atoms with Gasteiger partial charge in [0, 0.05) is 11.8 Å². The van der Waals surface area contributed by atoms with Crippen LogP contribution in [0, 0.1) is 0 Å². The van der Waals surface area contributed by atoms with Crippen molar-refractivity contribution in [2.75, 3.05) is 5.75 Å². The number of carbonyl (C=O) groups is 1. The van der Waals surface area contributed by atoms with E-state index in [-0.39, 0.29) is 5.78 Å². The van der Waals surface area contributed by atoms with E-state index in [1.54, 1.807) is 22.6 Å². The third-order valence-corrected chi connectivity index (χ3v) is 3.74. The Morgan fingerprint density at radius 1 is 1.56 bits per heavy atom. The monoisotopic (exact) mass is 241 g/mol. The first-order valence-corrected chi connectivity index (χ1v) is 6.77. The summed E-state index contributed by atoms with van der Waals surface area (Å²) in [5, 5.41) is 8.23. The minimum atomic E-state index is 0.128. The molecule has 0 fully saturated rings. The van der Waals surface area contributed by atoms with Gasteiger partial charge in [-0.2, -0.15) is 11.8 Å². The molecule has 16 heavy (non-hydrogen) atoms. The molecule has 0 spiro atoms. The molecule has 1 atom stereocenters. The average Bonchev–Trinajstić information content (AvgIpc) is 2.74. The zero-order valence-electron chi connectivity index (χ0n) is 10.1. The highest BCUT2D eigenvalue weighted by Gasteiger charge is 2.13. The quantitative estimate of drug-likeness (QED) is 0.688. The summed E-state index contributed by atoms with van der Waals surface area (Å²) in [7, 11) is 0. The number of carbonyl (C=O) groups excluding carboxylic acids is 1. The van der Waals surface area contributed by atoms with Crippen molar-refractivity contribution >= 4 is 17.5 Å². The van der Waals surface area contributed by atoms with Crippen LogP contribution in [-0.4, -0.2) is 31.8 Å². The third kappa shape index (κ3) is 3.63. The summed E-state index contributed by atoms with van der Waals surface area (Å²) >= 11 is 1.69. The number of aromatic nitrogens is 3. The SMILES string of the molecule is CCCn1nncc1C(=O)CSC(C)CC. The van der Waals surface area contributed by atoms with Crippen LogP contribution < -0.4 is 0 Å². The van der Waals surface area contributed by atoms with Gasteiger partial charge in [-0.3, -0.25) is 4.79 Å². The summed E-state index contributed by atoms with van der Waals surface area (Å²) in [6.07, 6.45) is 3.61. The molecule has 0 amide bonds. The molecule has 1 aromatic heterocycles. The number of rotatable bonds is 7. The van der Waals surface area contributed by atoms with Crippen LogP contribution >= 0.6 is 11.8 Å². The molecule has 0 radical (unpaired) electrons. The Balaban J connectivity index is 2.55. The Morgan fingerprint density at radius 3 is 2.94 bits per heavy atom. The van der Waals surface area contributed by atoms with Gasteiger partial charge in [0.2, 0.25) is 0 Å². The van der Waals surface area contributed by atoms with Crippen LogP contribution in [0.25, 0.3) is 0 Å². The molecular formula is C11H19N3OS. The Bertz CT molecular complexity index is 338. The first-order valence-electron chi connectivity index (χ1n) is 5.72. The Kier molecular flexibility index (Phi) is 5.52. The molecular weight excluding hydrogens is 222 g/mol. The highest BCUT2D eigenvalue weighted by molar-refractivity contribution is 8.00. The molecule has 90 valence electrons. The lowest BCUT2D eigenvalue weighted by atomic mass is 10.3. The van der Waals surface area contributed by atoms with E-state index in [2.05, 4.69) is 31.1 Å². The van der Waals surface area contributed by atoms with E-state index in [9.17, 15) is 4.79 Å². The van der Waals surface area contributed by atoms with Crippen molar-refractivity contribution in [3.05, 3.63) is 11.9 Å². The Hall–Kier alpha value is -0.840. The van der Waals surface area contributed by atoms with Crippen molar-refractivity contribution < 1.29 is 4.79 Å². The van der Waals surface area contributed by atoms with Gasteiger partial charge in [0.05, 0.1) is 11.9 Å². The molecule has 0 N–H and O–H groups in total. The van der Waals surface area contributed by atoms with Gasteiger partial charge in [0.1, 0.15) is 5.69 Å². The van der Waals surface area contributed by atoms with E-state index in [1.807, 2.05) is 0 Å². The van der Waals surface area contributed by atoms with Crippen molar-refractivity contribution in [3.63, 3.8) is 0 Å². The molecule has 5 heteroatoms. The fraction of sp³-hybridized carbons (Fsp3) is 0.727. The van der Waals surface area contributed by atoms with Crippen LogP contribution in [0.2, 0.25) is 0 Å². The lowest BCUT2D eigenvalue weighted by Gasteiger charge is -2.07. The van der Waals surface area contributed by atoms with Gasteiger partial charge >= 0.3 is 0 Å². The van der Waals surface area contributed by atoms with Crippen molar-refractivity contribution in [2.45, 2.75) is 45.4 Å². The number of Topliss-reactive ketones (excluding diaryl/α,β-unsaturated/α-hetero) is 1. The number of aryl methyl sites for hydroxylation is 1. The second-order valence-corrected chi connectivity index (χ2v) is 5.22. The van der Waals surface area contributed by atoms with E-state index in [4.69, 9.17) is 0 Å². The van der Waals surface area contributed by atoms with Crippen molar-refractivity contribution in [3.8, 4) is 0 Å². The molecule has 0 aliphatic rings. The van der Waals surface area contributed by atoms with Crippen LogP contribution in [0.3, 0.4) is 0 Å². The van der Waals surface area contributed by atoms with Crippen molar-refractivity contribution in [2.24, 2.45) is 0 Å². The topological polar surface area (TPSA) is 47.8 Å². The second kappa shape index (κ2) is 6.68. The van der Waals surface area contributed by atoms with Crippen LogP contribution in [0.1, 0.15) is 44.1 Å². The second-order valence-electron chi connectivity index (χ2n) is 3.80. The molecule has 0 aromatic carbocycles. The summed E-state index contributed by atoms with van der Waals surface area (Å²) in [5.74, 6) is 0.648. The van der Waals surface area contributed by atoms with Gasteiger partial charge in [-0.15, -0.1) is 5.10 Å². The average molecular weight is 241 g/mol. The molecule has 1 rings (SSSR count). The fourth-order valence-electron chi connectivity index (χ4n) is 1.26. The predicted molar refractivity (Wildman–Crippen MR) is 66.9 cm³/mol. The molecule has 1 aromatic rings. The lowest BCUT2D eigenvalue weighted by molar-refractivity contribution is 0.101. The molecule has 0 aliphatic carbocycles. The molecule has 4 nitrogen and oxygen atoms in total. The summed E-state index contributed by atoms with van der Waals surface area (Å²) in [6.45, 7) is 7.09. The molecule has 0 saturated carbocycles. The summed E-state index contributed by atoms with van der Waals surface area (Å²) < 4.78 is 1.69. The Morgan fingerprint density at radius 2 is 2.31 bits per heavy atom. The minimum Gasteiger partial charge on any atom is -0.291 e. The van der Waals surface area contributed by atoms with Crippen LogP contribution in [-0.2, 0) is 6.54 Å². The fourth-order valence-corrected chi connectivity index (χ4v) is 2.08. The molecule has 1 unspecified atom stereocenters. The molecule has 0 saturated heterocycles. The highest BCUT2D eigenvalue weighted by Crippen LogP contribution is 2.15. The van der Waals surface area contributed by atoms with Gasteiger partial charge in [-0.05, 0) is 12.8 Å². The number of ketones is 1. The molecule has 0 bridgehead atoms. The van der Waals surface area contributed by atoms with Crippen molar-refractivity contribution in [1.29, 1.82) is 0 Å². The Labute approximate surface area is 101 Å². The standard InChI is InChI=1S/C11H19N3OS/c1-4-6-14-10(7-12-13-14)11(15)8-16-9(3)5-2/h7,9H,4-6,8H2,1-3H3. The maximum atomic E-state index is 11.9. The largest absolute Gasteiger partial charge is 0.291 e. The smallest absolute Gasteiger partial charge is 0.192 e. The zero-order chi connectivity index (χ0) is 12.0. The normalized spacial score (nSPS) is 12.7. The summed E-state index contributed by atoms with van der Waals surface area (Å²) in [5.41, 5.74) is 0.637. The van der Waals surface area contributed by atoms with Gasteiger partial charge in [-0.25, -0.2) is 4.68 Å². The summed E-state index contributed by atoms with van der Waals surface area (Å²) in [6, 6.07) is 0. The number of hydrogen-bond acceptors (Lipinski definition) is 4. The number of nitrogens with zero attached hydrogens (tertiary/aromatic N) is 3. The van der Waals surface area contributed by atoms with Crippen molar-refractivity contribution in [1.82, 2.24) is 15.0 Å². The van der Waals surface area contributed by atoms with E-state index < -0.39 is 0 Å². The predicted octanol–water partition coefficient (Wildman–Crippen LogP) is 2.40. The first-order chi connectivity index (χ1) is 7.69. The third-order valence-electron chi connectivity index (χ3n) is 2.41.